The van der Waals surface area contributed by atoms with Crippen LogP contribution in [0.5, 0.6) is 5.75 Å². The fourth-order valence-corrected chi connectivity index (χ4v) is 8.26. The second-order valence-electron chi connectivity index (χ2n) is 14.8. The highest BCUT2D eigenvalue weighted by Gasteiger charge is 2.36. The van der Waals surface area contributed by atoms with Gasteiger partial charge in [-0.05, 0) is 62.8 Å². The molecule has 17 heteroatoms. The Labute approximate surface area is 328 Å². The van der Waals surface area contributed by atoms with Gasteiger partial charge in [-0.2, -0.15) is 10.1 Å². The van der Waals surface area contributed by atoms with Gasteiger partial charge in [0.15, 0.2) is 11.6 Å². The lowest BCUT2D eigenvalue weighted by Crippen LogP contribution is -2.45. The van der Waals surface area contributed by atoms with Crippen LogP contribution in [-0.4, -0.2) is 79.0 Å². The van der Waals surface area contributed by atoms with Crippen LogP contribution in [0.3, 0.4) is 0 Å². The van der Waals surface area contributed by atoms with Gasteiger partial charge in [-0.25, -0.2) is 9.67 Å². The van der Waals surface area contributed by atoms with E-state index in [4.69, 9.17) is 9.72 Å². The third-order valence-corrected chi connectivity index (χ3v) is 11.1. The van der Waals surface area contributed by atoms with Gasteiger partial charge in [-0.1, -0.05) is 38.3 Å². The molecule has 2 aliphatic heterocycles. The first-order chi connectivity index (χ1) is 27.7. The number of benzene rings is 2. The summed E-state index contributed by atoms with van der Waals surface area (Å²) < 4.78 is 8.90. The minimum Gasteiger partial charge on any atom is -0.495 e. The number of carbonyl (C=O) groups is 3. The molecule has 8 rings (SSSR count). The molecule has 0 radical (unpaired) electrons. The van der Waals surface area contributed by atoms with E-state index in [1.165, 1.54) is 38.3 Å². The molecule has 3 amide bonds. The summed E-state index contributed by atoms with van der Waals surface area (Å²) in [5.41, 5.74) is 1.95. The van der Waals surface area contributed by atoms with Crippen LogP contribution in [0.2, 0.25) is 0 Å². The number of nitrogens with zero attached hydrogens (tertiary/aromatic N) is 8. The number of nitrogens with one attached hydrogen (secondary N) is 4. The van der Waals surface area contributed by atoms with Crippen molar-refractivity contribution in [2.24, 2.45) is 5.92 Å². The van der Waals surface area contributed by atoms with Gasteiger partial charge in [0, 0.05) is 42.7 Å². The number of rotatable bonds is 12. The van der Waals surface area contributed by atoms with Crippen LogP contribution >= 0.6 is 0 Å². The van der Waals surface area contributed by atoms with Crippen LogP contribution in [0, 0.1) is 12.8 Å². The van der Waals surface area contributed by atoms with Gasteiger partial charge in [0.2, 0.25) is 11.9 Å². The molecule has 3 aliphatic rings. The van der Waals surface area contributed by atoms with Crippen molar-refractivity contribution in [3.8, 4) is 11.4 Å². The lowest BCUT2D eigenvalue weighted by molar-refractivity contribution is -0.136. The van der Waals surface area contributed by atoms with Crippen LogP contribution in [0.1, 0.15) is 92.4 Å². The molecular formula is C40H46N12O5. The van der Waals surface area contributed by atoms with Crippen molar-refractivity contribution in [1.82, 2.24) is 45.1 Å². The van der Waals surface area contributed by atoms with Crippen molar-refractivity contribution < 1.29 is 19.1 Å². The maximum Gasteiger partial charge on any atom is 0.277 e. The lowest BCUT2D eigenvalue weighted by atomic mass is 9.88. The Morgan fingerprint density at radius 3 is 2.63 bits per heavy atom. The third kappa shape index (κ3) is 7.36. The first-order valence-electron chi connectivity index (χ1n) is 19.6. The zero-order valence-electron chi connectivity index (χ0n) is 32.2. The average Bonchev–Trinajstić information content (AvgIpc) is 3.61. The van der Waals surface area contributed by atoms with Gasteiger partial charge in [-0.15, -0.1) is 10.2 Å². The van der Waals surface area contributed by atoms with Gasteiger partial charge >= 0.3 is 0 Å². The smallest absolute Gasteiger partial charge is 0.277 e. The highest BCUT2D eigenvalue weighted by Crippen LogP contribution is 2.41. The summed E-state index contributed by atoms with van der Waals surface area (Å²) in [6.07, 6.45) is 10.7. The SMILES string of the molecule is CC[C@@H]1c2nnc(C)n2-c2cnc(Nc3ccc(C(=O)NCCNc4cccc5cnn(C6CCC(=O)NC6=O)c(=O)c45)cc3OC)nc2N1CC1CCCCC1. The van der Waals surface area contributed by atoms with Gasteiger partial charge in [0.25, 0.3) is 17.4 Å². The molecule has 5 heterocycles. The third-order valence-electron chi connectivity index (χ3n) is 11.1. The summed E-state index contributed by atoms with van der Waals surface area (Å²) in [4.78, 5) is 63.1. The summed E-state index contributed by atoms with van der Waals surface area (Å²) in [6, 6.07) is 9.61. The minimum absolute atomic E-state index is 0.0382. The molecule has 4 N–H and O–H groups in total. The van der Waals surface area contributed by atoms with E-state index < -0.39 is 17.5 Å². The quantitative estimate of drug-likeness (QED) is 0.102. The Bertz CT molecular complexity index is 2400. The Kier molecular flexibility index (Phi) is 10.5. The van der Waals surface area contributed by atoms with Crippen LogP contribution in [0.15, 0.2) is 53.6 Å². The van der Waals surface area contributed by atoms with E-state index in [1.807, 2.05) is 13.1 Å². The minimum atomic E-state index is -0.876. The predicted octanol–water partition coefficient (Wildman–Crippen LogP) is 4.50. The molecule has 5 aromatic rings. The largest absolute Gasteiger partial charge is 0.495 e. The van der Waals surface area contributed by atoms with Crippen molar-refractivity contribution in [1.29, 1.82) is 0 Å². The molecule has 3 aromatic heterocycles. The number of aromatic nitrogens is 7. The maximum absolute atomic E-state index is 13.5. The van der Waals surface area contributed by atoms with Crippen molar-refractivity contribution in [2.75, 3.05) is 42.3 Å². The van der Waals surface area contributed by atoms with E-state index in [-0.39, 0.29) is 37.2 Å². The van der Waals surface area contributed by atoms with E-state index in [9.17, 15) is 19.2 Å². The first kappa shape index (κ1) is 37.5. The number of fused-ring (bicyclic) bond motifs is 4. The number of methoxy groups -OCH3 is 1. The summed E-state index contributed by atoms with van der Waals surface area (Å²) >= 11 is 0. The van der Waals surface area contributed by atoms with Crippen LogP contribution in [0.4, 0.5) is 23.1 Å². The molecule has 57 heavy (non-hydrogen) atoms. The number of anilines is 4. The van der Waals surface area contributed by atoms with Crippen LogP contribution < -0.4 is 36.5 Å². The van der Waals surface area contributed by atoms with Crippen LogP contribution in [0.25, 0.3) is 16.5 Å². The fraction of sp³-hybridized carbons (Fsp3) is 0.425. The average molecular weight is 775 g/mol. The first-order valence-corrected chi connectivity index (χ1v) is 19.6. The van der Waals surface area contributed by atoms with Gasteiger partial charge < -0.3 is 25.6 Å². The van der Waals surface area contributed by atoms with E-state index >= 15 is 0 Å². The van der Waals surface area contributed by atoms with Crippen molar-refractivity contribution in [3.63, 3.8) is 0 Å². The zero-order chi connectivity index (χ0) is 39.6. The zero-order valence-corrected chi connectivity index (χ0v) is 32.2. The van der Waals surface area contributed by atoms with Crippen LogP contribution in [-0.2, 0) is 9.59 Å². The van der Waals surface area contributed by atoms with Gasteiger partial charge in [-0.3, -0.25) is 29.1 Å². The highest BCUT2D eigenvalue weighted by molar-refractivity contribution is 6.00. The summed E-state index contributed by atoms with van der Waals surface area (Å²) in [7, 11) is 1.54. The second-order valence-corrected chi connectivity index (χ2v) is 14.8. The molecule has 2 aromatic carbocycles. The number of hydrogen-bond donors (Lipinski definition) is 4. The molecule has 1 unspecified atom stereocenters. The van der Waals surface area contributed by atoms with Crippen molar-refractivity contribution >= 4 is 51.6 Å². The molecular weight excluding hydrogens is 729 g/mol. The molecule has 296 valence electrons. The number of piperidine rings is 1. The molecule has 0 spiro atoms. The van der Waals surface area contributed by atoms with Gasteiger partial charge in [0.05, 0.1) is 36.6 Å². The number of aryl methyl sites for hydroxylation is 1. The predicted molar refractivity (Wildman–Crippen MR) is 213 cm³/mol. The Balaban J connectivity index is 0.949. The summed E-state index contributed by atoms with van der Waals surface area (Å²) in [6.45, 7) is 5.56. The standard InChI is InChI=1S/C40H46N12O5/c1-4-29-36-49-48-23(2)51(36)31-21-43-40(47-35(31)50(29)22-24-9-6-5-7-10-24)45-27-14-13-25(19-32(27)57-3)37(54)42-18-17-41-28-12-8-11-26-20-44-52(39(56)34(26)28)30-15-16-33(53)46-38(30)55/h8,11-14,19-21,24,29-30,41H,4-7,9-10,15-18,22H2,1-3H3,(H,42,54)(H,43,45,47)(H,46,53,55)/t29-,30?/m1/s1. The topological polar surface area (TPSA) is 203 Å². The number of carbonyl (C=O) groups excluding carboxylic acids is 3. The lowest BCUT2D eigenvalue weighted by Gasteiger charge is -2.39. The Morgan fingerprint density at radius 1 is 1.00 bits per heavy atom. The Hall–Kier alpha value is -6.39. The number of ether oxygens (including phenoxy) is 1. The fourth-order valence-electron chi connectivity index (χ4n) is 8.26. The van der Waals surface area contributed by atoms with Crippen molar-refractivity contribution in [2.45, 2.75) is 77.3 Å². The molecule has 17 nitrogen and oxygen atoms in total. The van der Waals surface area contributed by atoms with Crippen molar-refractivity contribution in [3.05, 3.63) is 76.4 Å². The van der Waals surface area contributed by atoms with E-state index in [0.29, 0.717) is 51.9 Å². The van der Waals surface area contributed by atoms with Gasteiger partial charge in [0.1, 0.15) is 23.3 Å². The molecule has 0 bridgehead atoms. The molecule has 1 saturated carbocycles. The number of amides is 3. The molecule has 1 aliphatic carbocycles. The highest BCUT2D eigenvalue weighted by atomic mass is 16.5. The van der Waals surface area contributed by atoms with E-state index in [1.54, 1.807) is 43.5 Å². The number of imide groups is 1. The summed E-state index contributed by atoms with van der Waals surface area (Å²) in [5.74, 6) is 2.74. The maximum atomic E-state index is 13.5. The molecule has 2 atom stereocenters. The monoisotopic (exact) mass is 774 g/mol. The second kappa shape index (κ2) is 16.0. The van der Waals surface area contributed by atoms with E-state index in [0.717, 1.165) is 40.8 Å². The van der Waals surface area contributed by atoms with E-state index in [2.05, 4.69) is 57.9 Å². The molecule has 2 fully saturated rings. The molecule has 1 saturated heterocycles. The number of hydrogen-bond acceptors (Lipinski definition) is 13. The summed E-state index contributed by atoms with van der Waals surface area (Å²) in [5, 5.41) is 25.9. The normalized spacial score (nSPS) is 18.1. The Morgan fingerprint density at radius 2 is 1.84 bits per heavy atom.